The molecule has 0 atom stereocenters. The van der Waals surface area contributed by atoms with Gasteiger partial charge in [-0.25, -0.2) is 4.39 Å². The van der Waals surface area contributed by atoms with Crippen molar-refractivity contribution in [2.45, 2.75) is 13.2 Å². The van der Waals surface area contributed by atoms with Crippen LogP contribution in [0.25, 0.3) is 0 Å². The van der Waals surface area contributed by atoms with Gasteiger partial charge in [0.2, 0.25) is 0 Å². The monoisotopic (exact) mass is 212 g/mol. The van der Waals surface area contributed by atoms with E-state index in [9.17, 15) is 4.39 Å². The normalized spacial score (nSPS) is 17.0. The van der Waals surface area contributed by atoms with Crippen molar-refractivity contribution in [3.05, 3.63) is 29.1 Å². The number of hydrogen-bond acceptors (Lipinski definition) is 3. The fourth-order valence-corrected chi connectivity index (χ4v) is 1.71. The molecule has 1 aromatic rings. The van der Waals surface area contributed by atoms with Crippen molar-refractivity contribution in [3.63, 3.8) is 0 Å². The molecule has 82 valence electrons. The topological polar surface area (TPSA) is 27.7 Å². The second-order valence-corrected chi connectivity index (χ2v) is 3.36. The highest BCUT2D eigenvalue weighted by atomic mass is 19.1. The highest BCUT2D eigenvalue weighted by molar-refractivity contribution is 5.40. The van der Waals surface area contributed by atoms with Crippen LogP contribution in [0.2, 0.25) is 0 Å². The molecule has 0 aliphatic carbocycles. The predicted octanol–water partition coefficient (Wildman–Crippen LogP) is 2.19. The Kier molecular flexibility index (Phi) is 2.88. The summed E-state index contributed by atoms with van der Waals surface area (Å²) in [5, 5.41) is 0. The molecule has 0 aromatic heterocycles. The van der Waals surface area contributed by atoms with Crippen LogP contribution in [-0.2, 0) is 9.47 Å². The summed E-state index contributed by atoms with van der Waals surface area (Å²) in [6.45, 7) is 2.80. The van der Waals surface area contributed by atoms with E-state index >= 15 is 0 Å². The van der Waals surface area contributed by atoms with Crippen molar-refractivity contribution >= 4 is 0 Å². The zero-order valence-corrected chi connectivity index (χ0v) is 8.75. The summed E-state index contributed by atoms with van der Waals surface area (Å²) in [7, 11) is 1.56. The van der Waals surface area contributed by atoms with Gasteiger partial charge in [0.25, 0.3) is 0 Å². The molecule has 1 aliphatic rings. The number of halogens is 1. The molecule has 1 fully saturated rings. The van der Waals surface area contributed by atoms with Gasteiger partial charge in [0.15, 0.2) is 6.29 Å². The minimum Gasteiger partial charge on any atom is -0.496 e. The summed E-state index contributed by atoms with van der Waals surface area (Å²) in [5.74, 6) is 0.325. The first-order chi connectivity index (χ1) is 7.24. The Morgan fingerprint density at radius 2 is 2.00 bits per heavy atom. The molecule has 1 aliphatic heterocycles. The van der Waals surface area contributed by atoms with Gasteiger partial charge in [-0.15, -0.1) is 0 Å². The van der Waals surface area contributed by atoms with Crippen molar-refractivity contribution in [2.75, 3.05) is 20.3 Å². The largest absolute Gasteiger partial charge is 0.496 e. The third kappa shape index (κ3) is 1.82. The summed E-state index contributed by atoms with van der Waals surface area (Å²) in [6, 6.07) is 2.97. The smallest absolute Gasteiger partial charge is 0.187 e. The Hall–Kier alpha value is -1.13. The zero-order valence-electron chi connectivity index (χ0n) is 8.75. The Morgan fingerprint density at radius 1 is 1.33 bits per heavy atom. The highest BCUT2D eigenvalue weighted by Crippen LogP contribution is 2.33. The maximum atomic E-state index is 13.6. The lowest BCUT2D eigenvalue weighted by Gasteiger charge is -2.15. The molecule has 3 nitrogen and oxygen atoms in total. The first kappa shape index (κ1) is 10.4. The summed E-state index contributed by atoms with van der Waals surface area (Å²) in [4.78, 5) is 0. The Balaban J connectivity index is 2.43. The summed E-state index contributed by atoms with van der Waals surface area (Å²) >= 11 is 0. The molecule has 0 bridgehead atoms. The molecule has 15 heavy (non-hydrogen) atoms. The Bertz CT molecular complexity index is 359. The van der Waals surface area contributed by atoms with Gasteiger partial charge in [0, 0.05) is 5.56 Å². The van der Waals surface area contributed by atoms with Crippen molar-refractivity contribution in [1.29, 1.82) is 0 Å². The standard InChI is InChI=1S/C11H13FO3/c1-7-9(13-2)4-3-8(12)10(7)11-14-5-6-15-11/h3-4,11H,5-6H2,1-2H3. The van der Waals surface area contributed by atoms with Crippen LogP contribution in [0.5, 0.6) is 5.75 Å². The molecule has 1 saturated heterocycles. The zero-order chi connectivity index (χ0) is 10.8. The van der Waals surface area contributed by atoms with Gasteiger partial charge in [-0.05, 0) is 19.1 Å². The Morgan fingerprint density at radius 3 is 2.60 bits per heavy atom. The quantitative estimate of drug-likeness (QED) is 0.752. The van der Waals surface area contributed by atoms with E-state index in [1.807, 2.05) is 0 Å². The van der Waals surface area contributed by atoms with Crippen LogP contribution in [0.1, 0.15) is 17.4 Å². The number of benzene rings is 1. The van der Waals surface area contributed by atoms with E-state index in [-0.39, 0.29) is 5.82 Å². The molecule has 2 rings (SSSR count). The summed E-state index contributed by atoms with van der Waals surface area (Å²) < 4.78 is 29.3. The minimum absolute atomic E-state index is 0.319. The van der Waals surface area contributed by atoms with Crippen molar-refractivity contribution < 1.29 is 18.6 Å². The van der Waals surface area contributed by atoms with Gasteiger partial charge in [-0.1, -0.05) is 0 Å². The minimum atomic E-state index is -0.597. The molecule has 1 heterocycles. The first-order valence-corrected chi connectivity index (χ1v) is 4.80. The summed E-state index contributed by atoms with van der Waals surface area (Å²) in [5.41, 5.74) is 1.16. The maximum absolute atomic E-state index is 13.6. The lowest BCUT2D eigenvalue weighted by molar-refractivity contribution is -0.0470. The predicted molar refractivity (Wildman–Crippen MR) is 52.3 cm³/mol. The van der Waals surface area contributed by atoms with Crippen LogP contribution in [0.3, 0.4) is 0 Å². The molecule has 0 spiro atoms. The number of rotatable bonds is 2. The van der Waals surface area contributed by atoms with E-state index in [4.69, 9.17) is 14.2 Å². The highest BCUT2D eigenvalue weighted by Gasteiger charge is 2.25. The van der Waals surface area contributed by atoms with E-state index in [1.165, 1.54) is 6.07 Å². The molecule has 0 radical (unpaired) electrons. The average molecular weight is 212 g/mol. The average Bonchev–Trinajstić information content (AvgIpc) is 2.71. The van der Waals surface area contributed by atoms with Crippen LogP contribution < -0.4 is 4.74 Å². The third-order valence-electron chi connectivity index (χ3n) is 2.49. The van der Waals surface area contributed by atoms with Crippen LogP contribution in [0.15, 0.2) is 12.1 Å². The molecular weight excluding hydrogens is 199 g/mol. The SMILES string of the molecule is COc1ccc(F)c(C2OCCO2)c1C. The lowest BCUT2D eigenvalue weighted by Crippen LogP contribution is -2.05. The molecular formula is C11H13FO3. The van der Waals surface area contributed by atoms with Crippen LogP contribution in [0.4, 0.5) is 4.39 Å². The van der Waals surface area contributed by atoms with E-state index in [0.717, 1.165) is 5.56 Å². The van der Waals surface area contributed by atoms with E-state index in [1.54, 1.807) is 20.1 Å². The van der Waals surface area contributed by atoms with E-state index in [0.29, 0.717) is 24.5 Å². The lowest BCUT2D eigenvalue weighted by atomic mass is 10.1. The molecule has 1 aromatic carbocycles. The van der Waals surface area contributed by atoms with Gasteiger partial charge in [0.05, 0.1) is 25.9 Å². The van der Waals surface area contributed by atoms with Crippen LogP contribution >= 0.6 is 0 Å². The Labute approximate surface area is 87.8 Å². The number of hydrogen-bond donors (Lipinski definition) is 0. The molecule has 0 unspecified atom stereocenters. The van der Waals surface area contributed by atoms with E-state index in [2.05, 4.69) is 0 Å². The fourth-order valence-electron chi connectivity index (χ4n) is 1.71. The van der Waals surface area contributed by atoms with Crippen LogP contribution in [-0.4, -0.2) is 20.3 Å². The van der Waals surface area contributed by atoms with Crippen molar-refractivity contribution in [2.24, 2.45) is 0 Å². The van der Waals surface area contributed by atoms with Gasteiger partial charge in [-0.3, -0.25) is 0 Å². The summed E-state index contributed by atoms with van der Waals surface area (Å²) in [6.07, 6.45) is -0.597. The second-order valence-electron chi connectivity index (χ2n) is 3.36. The molecule has 0 saturated carbocycles. The van der Waals surface area contributed by atoms with Gasteiger partial charge >= 0.3 is 0 Å². The van der Waals surface area contributed by atoms with Gasteiger partial charge in [-0.2, -0.15) is 0 Å². The molecule has 0 N–H and O–H groups in total. The maximum Gasteiger partial charge on any atom is 0.187 e. The van der Waals surface area contributed by atoms with Crippen molar-refractivity contribution in [3.8, 4) is 5.75 Å². The van der Waals surface area contributed by atoms with Crippen LogP contribution in [0, 0.1) is 12.7 Å². The number of methoxy groups -OCH3 is 1. The van der Waals surface area contributed by atoms with Crippen molar-refractivity contribution in [1.82, 2.24) is 0 Å². The first-order valence-electron chi connectivity index (χ1n) is 4.80. The second kappa shape index (κ2) is 4.16. The fraction of sp³-hybridized carbons (Fsp3) is 0.455. The molecule has 0 amide bonds. The van der Waals surface area contributed by atoms with Gasteiger partial charge < -0.3 is 14.2 Å². The third-order valence-corrected chi connectivity index (χ3v) is 2.49. The van der Waals surface area contributed by atoms with Gasteiger partial charge in [0.1, 0.15) is 11.6 Å². The molecule has 4 heteroatoms. The number of ether oxygens (including phenoxy) is 3. The van der Waals surface area contributed by atoms with E-state index < -0.39 is 6.29 Å².